The van der Waals surface area contributed by atoms with Gasteiger partial charge in [0.25, 0.3) is 0 Å². The highest BCUT2D eigenvalue weighted by Gasteiger charge is 2.13. The van der Waals surface area contributed by atoms with Crippen LogP contribution in [0.25, 0.3) is 0 Å². The Hall–Kier alpha value is -1.62. The van der Waals surface area contributed by atoms with Gasteiger partial charge >= 0.3 is 0 Å². The largest absolute Gasteiger partial charge is 0.392 e. The SMILES string of the molecule is CCN(CC(=O)NC)c1ccc(CO)cc1F. The average molecular weight is 240 g/mol. The average Bonchev–Trinajstić information content (AvgIpc) is 2.35. The molecule has 0 aliphatic carbocycles. The molecule has 5 heteroatoms. The number of halogens is 1. The van der Waals surface area contributed by atoms with Crippen molar-refractivity contribution in [3.05, 3.63) is 29.6 Å². The highest BCUT2D eigenvalue weighted by atomic mass is 19.1. The van der Waals surface area contributed by atoms with Gasteiger partial charge in [-0.1, -0.05) is 6.07 Å². The fourth-order valence-corrected chi connectivity index (χ4v) is 1.52. The lowest BCUT2D eigenvalue weighted by Gasteiger charge is -2.22. The number of aliphatic hydroxyl groups excluding tert-OH is 1. The van der Waals surface area contributed by atoms with Gasteiger partial charge in [-0.05, 0) is 24.6 Å². The van der Waals surface area contributed by atoms with Gasteiger partial charge in [-0.3, -0.25) is 4.79 Å². The van der Waals surface area contributed by atoms with Crippen LogP contribution in [0.5, 0.6) is 0 Å². The molecule has 1 aromatic carbocycles. The van der Waals surface area contributed by atoms with E-state index in [9.17, 15) is 9.18 Å². The Kier molecular flexibility index (Phi) is 4.90. The van der Waals surface area contributed by atoms with Crippen LogP contribution in [0, 0.1) is 5.82 Å². The van der Waals surface area contributed by atoms with E-state index >= 15 is 0 Å². The predicted octanol–water partition coefficient (Wildman–Crippen LogP) is 0.890. The topological polar surface area (TPSA) is 52.6 Å². The van der Waals surface area contributed by atoms with Crippen LogP contribution in [0.1, 0.15) is 12.5 Å². The van der Waals surface area contributed by atoms with Gasteiger partial charge in [0.05, 0.1) is 18.8 Å². The first-order chi connectivity index (χ1) is 8.12. The molecule has 0 atom stereocenters. The van der Waals surface area contributed by atoms with Gasteiger partial charge in [0.15, 0.2) is 0 Å². The number of carbonyl (C=O) groups is 1. The number of hydrogen-bond donors (Lipinski definition) is 2. The monoisotopic (exact) mass is 240 g/mol. The van der Waals surface area contributed by atoms with Crippen molar-refractivity contribution in [3.8, 4) is 0 Å². The van der Waals surface area contributed by atoms with Crippen LogP contribution in [-0.2, 0) is 11.4 Å². The fraction of sp³-hybridized carbons (Fsp3) is 0.417. The number of hydrogen-bond acceptors (Lipinski definition) is 3. The van der Waals surface area contributed by atoms with Crippen LogP contribution >= 0.6 is 0 Å². The summed E-state index contributed by atoms with van der Waals surface area (Å²) in [4.78, 5) is 12.9. The van der Waals surface area contributed by atoms with Crippen LogP contribution in [0.2, 0.25) is 0 Å². The molecule has 0 unspecified atom stereocenters. The zero-order chi connectivity index (χ0) is 12.8. The number of nitrogens with one attached hydrogen (secondary N) is 1. The Labute approximate surface area is 100 Å². The molecule has 1 amide bonds. The van der Waals surface area contributed by atoms with Gasteiger partial charge in [-0.15, -0.1) is 0 Å². The minimum Gasteiger partial charge on any atom is -0.392 e. The van der Waals surface area contributed by atoms with Gasteiger partial charge in [0, 0.05) is 13.6 Å². The number of amides is 1. The van der Waals surface area contributed by atoms with Crippen molar-refractivity contribution in [2.45, 2.75) is 13.5 Å². The van der Waals surface area contributed by atoms with Crippen LogP contribution in [-0.4, -0.2) is 31.2 Å². The zero-order valence-electron chi connectivity index (χ0n) is 10.0. The Morgan fingerprint density at radius 2 is 2.24 bits per heavy atom. The number of benzene rings is 1. The van der Waals surface area contributed by atoms with Gasteiger partial charge in [-0.2, -0.15) is 0 Å². The lowest BCUT2D eigenvalue weighted by molar-refractivity contribution is -0.119. The predicted molar refractivity (Wildman–Crippen MR) is 64.3 cm³/mol. The Morgan fingerprint density at radius 3 is 2.71 bits per heavy atom. The summed E-state index contributed by atoms with van der Waals surface area (Å²) in [5.74, 6) is -0.597. The van der Waals surface area contributed by atoms with E-state index in [4.69, 9.17) is 5.11 Å². The summed E-state index contributed by atoms with van der Waals surface area (Å²) in [6, 6.07) is 4.50. The number of anilines is 1. The van der Waals surface area contributed by atoms with Gasteiger partial charge < -0.3 is 15.3 Å². The second-order valence-electron chi connectivity index (χ2n) is 3.63. The molecule has 4 nitrogen and oxygen atoms in total. The molecule has 0 aromatic heterocycles. The molecule has 94 valence electrons. The van der Waals surface area contributed by atoms with Crippen LogP contribution in [0.15, 0.2) is 18.2 Å². The maximum Gasteiger partial charge on any atom is 0.239 e. The minimum absolute atomic E-state index is 0.113. The summed E-state index contributed by atoms with van der Waals surface area (Å²) >= 11 is 0. The van der Waals surface area contributed by atoms with Crippen molar-refractivity contribution in [3.63, 3.8) is 0 Å². The lowest BCUT2D eigenvalue weighted by Crippen LogP contribution is -2.36. The second kappa shape index (κ2) is 6.20. The maximum atomic E-state index is 13.7. The Morgan fingerprint density at radius 1 is 1.53 bits per heavy atom. The molecule has 0 aliphatic rings. The number of aliphatic hydroxyl groups is 1. The molecular formula is C12H17FN2O2. The molecule has 0 bridgehead atoms. The van der Waals surface area contributed by atoms with E-state index in [-0.39, 0.29) is 19.1 Å². The third-order valence-electron chi connectivity index (χ3n) is 2.53. The summed E-state index contributed by atoms with van der Waals surface area (Å²) in [5, 5.41) is 11.4. The van der Waals surface area contributed by atoms with Gasteiger partial charge in [0.2, 0.25) is 5.91 Å². The van der Waals surface area contributed by atoms with E-state index in [1.54, 1.807) is 24.1 Å². The van der Waals surface area contributed by atoms with Crippen molar-refractivity contribution < 1.29 is 14.3 Å². The molecule has 17 heavy (non-hydrogen) atoms. The molecule has 0 heterocycles. The maximum absolute atomic E-state index is 13.7. The van der Waals surface area contributed by atoms with Crippen molar-refractivity contribution in [2.24, 2.45) is 0 Å². The molecule has 0 fully saturated rings. The van der Waals surface area contributed by atoms with Gasteiger partial charge in [-0.25, -0.2) is 4.39 Å². The molecular weight excluding hydrogens is 223 g/mol. The van der Waals surface area contributed by atoms with Crippen molar-refractivity contribution >= 4 is 11.6 Å². The number of carbonyl (C=O) groups excluding carboxylic acids is 1. The Bertz CT molecular complexity index is 396. The first-order valence-electron chi connectivity index (χ1n) is 5.47. The van der Waals surface area contributed by atoms with E-state index in [0.717, 1.165) is 0 Å². The van der Waals surface area contributed by atoms with Crippen LogP contribution in [0.3, 0.4) is 0 Å². The standard InChI is InChI=1S/C12H17FN2O2/c1-3-15(7-12(17)14-2)11-5-4-9(8-16)6-10(11)13/h4-6,16H,3,7-8H2,1-2H3,(H,14,17). The summed E-state index contributed by atoms with van der Waals surface area (Å²) in [7, 11) is 1.54. The molecule has 0 saturated heterocycles. The van der Waals surface area contributed by atoms with Crippen LogP contribution in [0.4, 0.5) is 10.1 Å². The van der Waals surface area contributed by atoms with Crippen molar-refractivity contribution in [2.75, 3.05) is 25.0 Å². The first-order valence-corrected chi connectivity index (χ1v) is 5.47. The third-order valence-corrected chi connectivity index (χ3v) is 2.53. The second-order valence-corrected chi connectivity index (χ2v) is 3.63. The molecule has 1 aromatic rings. The van der Waals surface area contributed by atoms with E-state index in [1.165, 1.54) is 6.07 Å². The molecule has 1 rings (SSSR count). The highest BCUT2D eigenvalue weighted by Crippen LogP contribution is 2.20. The quantitative estimate of drug-likeness (QED) is 0.803. The first kappa shape index (κ1) is 13.4. The minimum atomic E-state index is -0.428. The molecule has 0 spiro atoms. The highest BCUT2D eigenvalue weighted by molar-refractivity contribution is 5.81. The summed E-state index contributed by atoms with van der Waals surface area (Å²) in [6.07, 6.45) is 0. The number of likely N-dealkylation sites (N-methyl/N-ethyl adjacent to an activating group) is 2. The van der Waals surface area contributed by atoms with Crippen LogP contribution < -0.4 is 10.2 Å². The fourth-order valence-electron chi connectivity index (χ4n) is 1.52. The Balaban J connectivity index is 2.92. The number of rotatable bonds is 5. The molecule has 2 N–H and O–H groups in total. The number of nitrogens with zero attached hydrogens (tertiary/aromatic N) is 1. The lowest BCUT2D eigenvalue weighted by atomic mass is 10.2. The summed E-state index contributed by atoms with van der Waals surface area (Å²) in [5.41, 5.74) is 0.885. The van der Waals surface area contributed by atoms with E-state index in [0.29, 0.717) is 17.8 Å². The smallest absolute Gasteiger partial charge is 0.239 e. The van der Waals surface area contributed by atoms with Crippen molar-refractivity contribution in [1.82, 2.24) is 5.32 Å². The van der Waals surface area contributed by atoms with E-state index in [1.807, 2.05) is 6.92 Å². The van der Waals surface area contributed by atoms with Gasteiger partial charge in [0.1, 0.15) is 5.82 Å². The zero-order valence-corrected chi connectivity index (χ0v) is 10.0. The van der Waals surface area contributed by atoms with E-state index in [2.05, 4.69) is 5.32 Å². The third kappa shape index (κ3) is 3.42. The molecule has 0 radical (unpaired) electrons. The van der Waals surface area contributed by atoms with E-state index < -0.39 is 5.82 Å². The molecule has 0 saturated carbocycles. The molecule has 0 aliphatic heterocycles. The summed E-state index contributed by atoms with van der Waals surface area (Å²) in [6.45, 7) is 2.30. The van der Waals surface area contributed by atoms with Crippen molar-refractivity contribution in [1.29, 1.82) is 0 Å². The summed E-state index contributed by atoms with van der Waals surface area (Å²) < 4.78 is 13.7. The normalized spacial score (nSPS) is 10.1.